The van der Waals surface area contributed by atoms with Crippen LogP contribution in [0.15, 0.2) is 40.2 Å². The zero-order chi connectivity index (χ0) is 17.4. The van der Waals surface area contributed by atoms with E-state index in [0.717, 1.165) is 18.7 Å². The number of rotatable bonds is 2. The topological polar surface area (TPSA) is 115 Å². The SMILES string of the molecule is O=C(c1ccc2[nH]c(=O)c(=O)[nH]c2c1)N1CCCC(c2ncc[nH]2)C1. The van der Waals surface area contributed by atoms with Gasteiger partial charge in [0.1, 0.15) is 5.82 Å². The number of H-pyrrole nitrogens is 3. The molecule has 3 aromatic rings. The number of amides is 1. The molecule has 0 aliphatic carbocycles. The summed E-state index contributed by atoms with van der Waals surface area (Å²) in [5.74, 6) is 1.01. The number of piperidine rings is 1. The Kier molecular flexibility index (Phi) is 3.72. The van der Waals surface area contributed by atoms with E-state index in [2.05, 4.69) is 19.9 Å². The molecule has 1 amide bonds. The zero-order valence-electron chi connectivity index (χ0n) is 13.4. The summed E-state index contributed by atoms with van der Waals surface area (Å²) in [4.78, 5) is 49.9. The average Bonchev–Trinajstić information content (AvgIpc) is 3.16. The minimum Gasteiger partial charge on any atom is -0.348 e. The number of carbonyl (C=O) groups excluding carboxylic acids is 1. The molecule has 3 N–H and O–H groups in total. The first-order chi connectivity index (χ1) is 12.1. The first-order valence-electron chi connectivity index (χ1n) is 8.17. The van der Waals surface area contributed by atoms with Gasteiger partial charge >= 0.3 is 11.1 Å². The molecule has 8 heteroatoms. The normalized spacial score (nSPS) is 17.8. The van der Waals surface area contributed by atoms with Gasteiger partial charge in [-0.1, -0.05) is 0 Å². The quantitative estimate of drug-likeness (QED) is 0.603. The summed E-state index contributed by atoms with van der Waals surface area (Å²) in [6, 6.07) is 4.90. The molecule has 25 heavy (non-hydrogen) atoms. The van der Waals surface area contributed by atoms with Crippen LogP contribution in [0.5, 0.6) is 0 Å². The lowest BCUT2D eigenvalue weighted by Crippen LogP contribution is -2.39. The molecule has 1 aromatic carbocycles. The fourth-order valence-electron chi connectivity index (χ4n) is 3.32. The molecule has 0 spiro atoms. The van der Waals surface area contributed by atoms with Gasteiger partial charge in [0.2, 0.25) is 0 Å². The standard InChI is InChI=1S/C17H17N5O3/c23-15-16(24)21-13-8-10(3-4-12(13)20-15)17(25)22-7-1-2-11(9-22)14-18-5-6-19-14/h3-6,8,11H,1-2,7,9H2,(H,18,19)(H,20,23)(H,21,24). The van der Waals surface area contributed by atoms with Gasteiger partial charge in [0.05, 0.1) is 11.0 Å². The van der Waals surface area contributed by atoms with E-state index < -0.39 is 11.1 Å². The number of likely N-dealkylation sites (tertiary alicyclic amines) is 1. The molecular weight excluding hydrogens is 322 g/mol. The molecule has 1 aliphatic heterocycles. The maximum atomic E-state index is 12.8. The van der Waals surface area contributed by atoms with Crippen molar-refractivity contribution in [2.45, 2.75) is 18.8 Å². The second-order valence-electron chi connectivity index (χ2n) is 6.23. The van der Waals surface area contributed by atoms with Crippen LogP contribution in [0, 0.1) is 0 Å². The molecule has 1 aliphatic rings. The number of carbonyl (C=O) groups is 1. The van der Waals surface area contributed by atoms with E-state index in [-0.39, 0.29) is 11.8 Å². The highest BCUT2D eigenvalue weighted by atomic mass is 16.2. The van der Waals surface area contributed by atoms with Gasteiger partial charge in [0.25, 0.3) is 5.91 Å². The number of aromatic amines is 3. The van der Waals surface area contributed by atoms with Crippen LogP contribution in [-0.2, 0) is 0 Å². The molecule has 8 nitrogen and oxygen atoms in total. The molecule has 128 valence electrons. The summed E-state index contributed by atoms with van der Waals surface area (Å²) >= 11 is 0. The highest BCUT2D eigenvalue weighted by Gasteiger charge is 2.26. The number of imidazole rings is 1. The van der Waals surface area contributed by atoms with E-state index in [0.29, 0.717) is 29.7 Å². The minimum atomic E-state index is -0.729. The fourth-order valence-corrected chi connectivity index (χ4v) is 3.32. The van der Waals surface area contributed by atoms with Crippen molar-refractivity contribution in [2.75, 3.05) is 13.1 Å². The van der Waals surface area contributed by atoms with Crippen molar-refractivity contribution in [3.05, 3.63) is 62.7 Å². The maximum Gasteiger partial charge on any atom is 0.314 e. The van der Waals surface area contributed by atoms with Crippen LogP contribution in [0.25, 0.3) is 11.0 Å². The fraction of sp³-hybridized carbons (Fsp3) is 0.294. The molecule has 4 rings (SSSR count). The van der Waals surface area contributed by atoms with Crippen molar-refractivity contribution in [3.63, 3.8) is 0 Å². The van der Waals surface area contributed by atoms with Gasteiger partial charge in [-0.25, -0.2) is 4.98 Å². The third kappa shape index (κ3) is 2.86. The Balaban J connectivity index is 1.61. The molecule has 0 bridgehead atoms. The van der Waals surface area contributed by atoms with E-state index >= 15 is 0 Å². The van der Waals surface area contributed by atoms with Crippen LogP contribution in [0.2, 0.25) is 0 Å². The monoisotopic (exact) mass is 339 g/mol. The Morgan fingerprint density at radius 3 is 2.72 bits per heavy atom. The second kappa shape index (κ2) is 6.04. The number of aromatic nitrogens is 4. The lowest BCUT2D eigenvalue weighted by molar-refractivity contribution is 0.0705. The van der Waals surface area contributed by atoms with Crippen molar-refractivity contribution >= 4 is 16.9 Å². The molecule has 3 heterocycles. The van der Waals surface area contributed by atoms with Gasteiger partial charge in [-0.05, 0) is 31.0 Å². The number of fused-ring (bicyclic) bond motifs is 1. The molecule has 2 aromatic heterocycles. The average molecular weight is 339 g/mol. The van der Waals surface area contributed by atoms with Crippen LogP contribution in [-0.4, -0.2) is 43.8 Å². The van der Waals surface area contributed by atoms with Gasteiger partial charge in [-0.15, -0.1) is 0 Å². The van der Waals surface area contributed by atoms with Crippen molar-refractivity contribution in [1.29, 1.82) is 0 Å². The molecule has 1 atom stereocenters. The van der Waals surface area contributed by atoms with Gasteiger partial charge < -0.3 is 19.9 Å². The number of benzene rings is 1. The van der Waals surface area contributed by atoms with Crippen LogP contribution in [0.4, 0.5) is 0 Å². The largest absolute Gasteiger partial charge is 0.348 e. The summed E-state index contributed by atoms with van der Waals surface area (Å²) in [7, 11) is 0. The predicted molar refractivity (Wildman–Crippen MR) is 91.7 cm³/mol. The first kappa shape index (κ1) is 15.4. The summed E-state index contributed by atoms with van der Waals surface area (Å²) in [5.41, 5.74) is -0.0181. The zero-order valence-corrected chi connectivity index (χ0v) is 13.4. The highest BCUT2D eigenvalue weighted by Crippen LogP contribution is 2.25. The molecular formula is C17H17N5O3. The highest BCUT2D eigenvalue weighted by molar-refractivity contribution is 5.97. The predicted octanol–water partition coefficient (Wildman–Crippen LogP) is 0.959. The summed E-state index contributed by atoms with van der Waals surface area (Å²) < 4.78 is 0. The summed E-state index contributed by atoms with van der Waals surface area (Å²) in [6.45, 7) is 1.29. The smallest absolute Gasteiger partial charge is 0.314 e. The van der Waals surface area contributed by atoms with E-state index in [1.54, 1.807) is 30.6 Å². The molecule has 1 saturated heterocycles. The third-order valence-corrected chi connectivity index (χ3v) is 4.58. The third-order valence-electron chi connectivity index (χ3n) is 4.58. The first-order valence-corrected chi connectivity index (χ1v) is 8.17. The number of nitrogens with one attached hydrogen (secondary N) is 3. The molecule has 0 saturated carbocycles. The minimum absolute atomic E-state index is 0.0924. The van der Waals surface area contributed by atoms with Crippen molar-refractivity contribution in [3.8, 4) is 0 Å². The number of hydrogen-bond donors (Lipinski definition) is 3. The maximum absolute atomic E-state index is 12.8. The summed E-state index contributed by atoms with van der Waals surface area (Å²) in [6.07, 6.45) is 5.41. The van der Waals surface area contributed by atoms with Crippen LogP contribution in [0.1, 0.15) is 34.9 Å². The Morgan fingerprint density at radius 2 is 1.96 bits per heavy atom. The van der Waals surface area contributed by atoms with Crippen LogP contribution in [0.3, 0.4) is 0 Å². The Hall–Kier alpha value is -3.16. The molecule has 0 radical (unpaired) electrons. The molecule has 1 fully saturated rings. The van der Waals surface area contributed by atoms with Gasteiger partial charge in [0.15, 0.2) is 0 Å². The Labute approximate surface area is 141 Å². The van der Waals surface area contributed by atoms with Gasteiger partial charge in [-0.2, -0.15) is 0 Å². The Bertz CT molecular complexity index is 1030. The Morgan fingerprint density at radius 1 is 1.16 bits per heavy atom. The van der Waals surface area contributed by atoms with E-state index in [4.69, 9.17) is 0 Å². The van der Waals surface area contributed by atoms with E-state index in [9.17, 15) is 14.4 Å². The lowest BCUT2D eigenvalue weighted by Gasteiger charge is -2.32. The van der Waals surface area contributed by atoms with Gasteiger partial charge in [0, 0.05) is 37.0 Å². The van der Waals surface area contributed by atoms with Crippen LogP contribution < -0.4 is 11.1 Å². The van der Waals surface area contributed by atoms with Gasteiger partial charge in [-0.3, -0.25) is 14.4 Å². The van der Waals surface area contributed by atoms with E-state index in [1.165, 1.54) is 0 Å². The number of hydrogen-bond acceptors (Lipinski definition) is 4. The van der Waals surface area contributed by atoms with Crippen molar-refractivity contribution < 1.29 is 4.79 Å². The van der Waals surface area contributed by atoms with Crippen molar-refractivity contribution in [2.24, 2.45) is 0 Å². The second-order valence-corrected chi connectivity index (χ2v) is 6.23. The van der Waals surface area contributed by atoms with E-state index in [1.807, 2.05) is 4.90 Å². The molecule has 1 unspecified atom stereocenters. The lowest BCUT2D eigenvalue weighted by atomic mass is 9.96. The number of nitrogens with zero attached hydrogens (tertiary/aromatic N) is 2. The van der Waals surface area contributed by atoms with Crippen molar-refractivity contribution in [1.82, 2.24) is 24.8 Å². The summed E-state index contributed by atoms with van der Waals surface area (Å²) in [5, 5.41) is 0. The van der Waals surface area contributed by atoms with Crippen LogP contribution >= 0.6 is 0 Å².